The second kappa shape index (κ2) is 4.23. The molecule has 2 N–H and O–H groups in total. The highest BCUT2D eigenvalue weighted by Crippen LogP contribution is 2.30. The van der Waals surface area contributed by atoms with E-state index < -0.39 is 0 Å². The van der Waals surface area contributed by atoms with E-state index in [1.54, 1.807) is 29.7 Å². The van der Waals surface area contributed by atoms with Crippen molar-refractivity contribution in [2.75, 3.05) is 0 Å². The highest BCUT2D eigenvalue weighted by atomic mass is 32.1. The fourth-order valence-corrected chi connectivity index (χ4v) is 3.58. The van der Waals surface area contributed by atoms with Gasteiger partial charge in [-0.3, -0.25) is 4.79 Å². The van der Waals surface area contributed by atoms with Crippen molar-refractivity contribution in [3.63, 3.8) is 0 Å². The number of nitrogens with zero attached hydrogens (tertiary/aromatic N) is 1. The normalized spacial score (nSPS) is 11.5. The van der Waals surface area contributed by atoms with Crippen molar-refractivity contribution in [1.82, 2.24) is 9.55 Å². The second-order valence-electron chi connectivity index (χ2n) is 4.99. The molecule has 0 aliphatic rings. The molecule has 4 aromatic rings. The van der Waals surface area contributed by atoms with Gasteiger partial charge in [0.1, 0.15) is 5.75 Å². The summed E-state index contributed by atoms with van der Waals surface area (Å²) in [6, 6.07) is 9.11. The Labute approximate surface area is 124 Å². The number of hydrogen-bond donors (Lipinski definition) is 2. The number of nitrogens with one attached hydrogen (secondary N) is 1. The molecule has 0 saturated heterocycles. The van der Waals surface area contributed by atoms with E-state index in [4.69, 9.17) is 0 Å². The molecule has 1 aromatic carbocycles. The predicted molar refractivity (Wildman–Crippen MR) is 84.2 cm³/mol. The fourth-order valence-electron chi connectivity index (χ4n) is 2.73. The number of fused-ring (bicyclic) bond motifs is 2. The average Bonchev–Trinajstić information content (AvgIpc) is 3.15. The molecule has 21 heavy (non-hydrogen) atoms. The van der Waals surface area contributed by atoms with Crippen LogP contribution in [0.1, 0.15) is 16.1 Å². The average molecular weight is 296 g/mol. The minimum absolute atomic E-state index is 0.0437. The van der Waals surface area contributed by atoms with Gasteiger partial charge in [0.25, 0.3) is 0 Å². The minimum Gasteiger partial charge on any atom is -0.506 e. The zero-order valence-electron chi connectivity index (χ0n) is 11.3. The summed E-state index contributed by atoms with van der Waals surface area (Å²) in [6.45, 7) is 0. The van der Waals surface area contributed by atoms with E-state index in [9.17, 15) is 9.90 Å². The number of phenols is 1. The van der Waals surface area contributed by atoms with Gasteiger partial charge in [-0.15, -0.1) is 11.3 Å². The summed E-state index contributed by atoms with van der Waals surface area (Å²) >= 11 is 1.62. The van der Waals surface area contributed by atoms with Gasteiger partial charge in [-0.2, -0.15) is 0 Å². The lowest BCUT2D eigenvalue weighted by molar-refractivity contribution is 0.103. The van der Waals surface area contributed by atoms with E-state index in [2.05, 4.69) is 4.98 Å². The van der Waals surface area contributed by atoms with Gasteiger partial charge in [0.05, 0.1) is 21.4 Å². The standard InChI is InChI=1S/C16H12N2O2S/c1-18-11-5-6-21-14(11)7-12(18)16(20)10-8-17-15-9(10)3-2-4-13(15)19/h2-8,17,19H,1H3. The maximum Gasteiger partial charge on any atom is 0.211 e. The zero-order chi connectivity index (χ0) is 14.6. The highest BCUT2D eigenvalue weighted by molar-refractivity contribution is 7.17. The van der Waals surface area contributed by atoms with Crippen LogP contribution in [0.3, 0.4) is 0 Å². The topological polar surface area (TPSA) is 58.0 Å². The molecule has 0 amide bonds. The van der Waals surface area contributed by atoms with Crippen LogP contribution >= 0.6 is 11.3 Å². The van der Waals surface area contributed by atoms with Crippen LogP contribution in [0.4, 0.5) is 0 Å². The summed E-state index contributed by atoms with van der Waals surface area (Å²) in [7, 11) is 1.90. The van der Waals surface area contributed by atoms with E-state index >= 15 is 0 Å². The largest absolute Gasteiger partial charge is 0.506 e. The Bertz CT molecular complexity index is 990. The Balaban J connectivity index is 1.92. The molecular weight excluding hydrogens is 284 g/mol. The Kier molecular flexibility index (Phi) is 2.46. The van der Waals surface area contributed by atoms with E-state index in [0.29, 0.717) is 16.8 Å². The lowest BCUT2D eigenvalue weighted by Crippen LogP contribution is -2.06. The smallest absolute Gasteiger partial charge is 0.211 e. The number of para-hydroxylation sites is 1. The number of aromatic amines is 1. The number of thiophene rings is 1. The summed E-state index contributed by atoms with van der Waals surface area (Å²) in [5.41, 5.74) is 2.89. The SMILES string of the molecule is Cn1c(C(=O)c2c[nH]c3c(O)cccc23)cc2sccc21. The second-order valence-corrected chi connectivity index (χ2v) is 5.94. The number of aromatic hydroxyl groups is 1. The summed E-state index contributed by atoms with van der Waals surface area (Å²) < 4.78 is 3.01. The molecule has 4 rings (SSSR count). The molecule has 3 aromatic heterocycles. The first-order valence-electron chi connectivity index (χ1n) is 6.53. The lowest BCUT2D eigenvalue weighted by Gasteiger charge is -2.02. The first-order valence-corrected chi connectivity index (χ1v) is 7.41. The van der Waals surface area contributed by atoms with E-state index in [0.717, 1.165) is 15.6 Å². The van der Waals surface area contributed by atoms with E-state index in [1.807, 2.05) is 35.2 Å². The molecule has 0 radical (unpaired) electrons. The molecule has 0 unspecified atom stereocenters. The maximum absolute atomic E-state index is 12.8. The molecule has 104 valence electrons. The van der Waals surface area contributed by atoms with E-state index in [1.165, 1.54) is 0 Å². The maximum atomic E-state index is 12.8. The lowest BCUT2D eigenvalue weighted by atomic mass is 10.1. The molecule has 0 saturated carbocycles. The van der Waals surface area contributed by atoms with Crippen molar-refractivity contribution in [2.24, 2.45) is 7.05 Å². The van der Waals surface area contributed by atoms with E-state index in [-0.39, 0.29) is 11.5 Å². The molecule has 0 aliphatic heterocycles. The number of benzene rings is 1. The van der Waals surface area contributed by atoms with Crippen LogP contribution in [-0.2, 0) is 7.05 Å². The van der Waals surface area contributed by atoms with Gasteiger partial charge in [0.15, 0.2) is 0 Å². The molecule has 0 atom stereocenters. The molecule has 5 heteroatoms. The van der Waals surface area contributed by atoms with Crippen LogP contribution < -0.4 is 0 Å². The third-order valence-corrected chi connectivity index (χ3v) is 4.69. The summed E-state index contributed by atoms with van der Waals surface area (Å²) in [5.74, 6) is 0.108. The molecule has 0 aliphatic carbocycles. The van der Waals surface area contributed by atoms with Gasteiger partial charge in [-0.05, 0) is 23.6 Å². The van der Waals surface area contributed by atoms with Crippen LogP contribution in [0, 0.1) is 0 Å². The molecule has 3 heterocycles. The van der Waals surface area contributed by atoms with Crippen molar-refractivity contribution in [3.05, 3.63) is 53.2 Å². The molecular formula is C16H12N2O2S. The van der Waals surface area contributed by atoms with Crippen molar-refractivity contribution in [1.29, 1.82) is 0 Å². The number of aromatic nitrogens is 2. The third-order valence-electron chi connectivity index (χ3n) is 3.83. The molecule has 0 bridgehead atoms. The fraction of sp³-hybridized carbons (Fsp3) is 0.0625. The number of H-pyrrole nitrogens is 1. The molecule has 0 spiro atoms. The first-order chi connectivity index (χ1) is 10.2. The van der Waals surface area contributed by atoms with Crippen molar-refractivity contribution in [2.45, 2.75) is 0 Å². The summed E-state index contributed by atoms with van der Waals surface area (Å²) in [5, 5.41) is 12.6. The Hall–Kier alpha value is -2.53. The highest BCUT2D eigenvalue weighted by Gasteiger charge is 2.19. The van der Waals surface area contributed by atoms with Crippen LogP contribution in [-0.4, -0.2) is 20.4 Å². The van der Waals surface area contributed by atoms with Crippen LogP contribution in [0.5, 0.6) is 5.75 Å². The number of hydrogen-bond acceptors (Lipinski definition) is 3. The number of rotatable bonds is 2. The van der Waals surface area contributed by atoms with Crippen LogP contribution in [0.2, 0.25) is 0 Å². The van der Waals surface area contributed by atoms with Crippen molar-refractivity contribution in [3.8, 4) is 5.75 Å². The minimum atomic E-state index is -0.0437. The van der Waals surface area contributed by atoms with Gasteiger partial charge in [0.2, 0.25) is 5.78 Å². The van der Waals surface area contributed by atoms with Crippen molar-refractivity contribution >= 4 is 38.2 Å². The van der Waals surface area contributed by atoms with Gasteiger partial charge in [0, 0.05) is 24.2 Å². The monoisotopic (exact) mass is 296 g/mol. The summed E-state index contributed by atoms with van der Waals surface area (Å²) in [6.07, 6.45) is 1.66. The first kappa shape index (κ1) is 12.2. The number of aryl methyl sites for hydroxylation is 1. The quantitative estimate of drug-likeness (QED) is 0.555. The molecule has 0 fully saturated rings. The van der Waals surface area contributed by atoms with Crippen LogP contribution in [0.15, 0.2) is 41.9 Å². The Morgan fingerprint density at radius 3 is 3.00 bits per heavy atom. The van der Waals surface area contributed by atoms with Crippen LogP contribution in [0.25, 0.3) is 21.1 Å². The number of ketones is 1. The third kappa shape index (κ3) is 1.64. The Morgan fingerprint density at radius 1 is 1.33 bits per heavy atom. The van der Waals surface area contributed by atoms with Gasteiger partial charge in [-0.1, -0.05) is 12.1 Å². The van der Waals surface area contributed by atoms with Gasteiger partial charge in [-0.25, -0.2) is 0 Å². The Morgan fingerprint density at radius 2 is 2.19 bits per heavy atom. The number of carbonyl (C=O) groups is 1. The predicted octanol–water partition coefficient (Wildman–Crippen LogP) is 3.66. The number of phenolic OH excluding ortho intramolecular Hbond substituents is 1. The van der Waals surface area contributed by atoms with Gasteiger partial charge >= 0.3 is 0 Å². The van der Waals surface area contributed by atoms with Crippen molar-refractivity contribution < 1.29 is 9.90 Å². The zero-order valence-corrected chi connectivity index (χ0v) is 12.1. The number of carbonyl (C=O) groups excluding carboxylic acids is 1. The molecule has 4 nitrogen and oxygen atoms in total. The van der Waals surface area contributed by atoms with Gasteiger partial charge < -0.3 is 14.7 Å². The summed E-state index contributed by atoms with van der Waals surface area (Å²) in [4.78, 5) is 15.8.